The normalized spacial score (nSPS) is 11.3. The van der Waals surface area contributed by atoms with Gasteiger partial charge in [0.15, 0.2) is 17.3 Å². The van der Waals surface area contributed by atoms with Crippen LogP contribution in [0.1, 0.15) is 11.1 Å². The highest BCUT2D eigenvalue weighted by atomic mass is 79.9. The standard InChI is InChI=1S/C29H20Br2ClN3O3/c1-37-24-15-20(25(31)26(32)27(24)38-17-18-11-13-21(30)14-12-18)16-33-35-28(19-7-3-2-4-8-19)34-23-10-6-5-9-22(23)29(35)36/h2-16H,17H2,1H3. The first-order valence-electron chi connectivity index (χ1n) is 11.5. The summed E-state index contributed by atoms with van der Waals surface area (Å²) in [6.45, 7) is 0.307. The number of hydrogen-bond acceptors (Lipinski definition) is 5. The highest BCUT2D eigenvalue weighted by molar-refractivity contribution is 9.10. The van der Waals surface area contributed by atoms with Crippen LogP contribution >= 0.6 is 43.5 Å². The number of halogens is 3. The van der Waals surface area contributed by atoms with Crippen LogP contribution in [-0.4, -0.2) is 23.0 Å². The Morgan fingerprint density at radius 2 is 1.71 bits per heavy atom. The Morgan fingerprint density at radius 1 is 1.00 bits per heavy atom. The van der Waals surface area contributed by atoms with E-state index in [4.69, 9.17) is 26.1 Å². The molecule has 9 heteroatoms. The Bertz CT molecular complexity index is 1710. The van der Waals surface area contributed by atoms with Crippen LogP contribution in [0.4, 0.5) is 0 Å². The number of para-hydroxylation sites is 1. The molecule has 0 fully saturated rings. The summed E-state index contributed by atoms with van der Waals surface area (Å²) in [5, 5.41) is 5.34. The van der Waals surface area contributed by atoms with Gasteiger partial charge < -0.3 is 9.47 Å². The predicted octanol–water partition coefficient (Wildman–Crippen LogP) is 7.71. The Labute approximate surface area is 240 Å². The molecule has 0 aliphatic heterocycles. The van der Waals surface area contributed by atoms with Crippen molar-refractivity contribution in [2.45, 2.75) is 6.61 Å². The van der Waals surface area contributed by atoms with Gasteiger partial charge in [0.1, 0.15) is 11.6 Å². The molecule has 38 heavy (non-hydrogen) atoms. The summed E-state index contributed by atoms with van der Waals surface area (Å²) in [6, 6.07) is 26.2. The lowest BCUT2D eigenvalue weighted by Crippen LogP contribution is -2.20. The van der Waals surface area contributed by atoms with E-state index in [9.17, 15) is 4.79 Å². The average molecular weight is 654 g/mol. The van der Waals surface area contributed by atoms with Gasteiger partial charge in [-0.25, -0.2) is 4.98 Å². The van der Waals surface area contributed by atoms with Crippen molar-refractivity contribution in [3.05, 3.63) is 120 Å². The summed E-state index contributed by atoms with van der Waals surface area (Å²) < 4.78 is 14.4. The number of aromatic nitrogens is 2. The Morgan fingerprint density at radius 3 is 2.45 bits per heavy atom. The minimum atomic E-state index is -0.283. The van der Waals surface area contributed by atoms with E-state index in [1.165, 1.54) is 11.8 Å². The van der Waals surface area contributed by atoms with E-state index in [0.29, 0.717) is 49.9 Å². The van der Waals surface area contributed by atoms with Gasteiger partial charge in [-0.15, -0.1) is 0 Å². The molecule has 0 bridgehead atoms. The average Bonchev–Trinajstić information content (AvgIpc) is 2.95. The smallest absolute Gasteiger partial charge is 0.282 e. The number of ether oxygens (including phenoxy) is 2. The van der Waals surface area contributed by atoms with Crippen molar-refractivity contribution in [2.75, 3.05) is 7.11 Å². The number of fused-ring (bicyclic) bond motifs is 1. The van der Waals surface area contributed by atoms with Crippen molar-refractivity contribution in [2.24, 2.45) is 5.10 Å². The Kier molecular flexibility index (Phi) is 7.93. The maximum Gasteiger partial charge on any atom is 0.282 e. The lowest BCUT2D eigenvalue weighted by molar-refractivity contribution is 0.284. The summed E-state index contributed by atoms with van der Waals surface area (Å²) >= 11 is 13.7. The van der Waals surface area contributed by atoms with E-state index < -0.39 is 0 Å². The molecule has 0 saturated carbocycles. The van der Waals surface area contributed by atoms with E-state index in [1.807, 2.05) is 66.7 Å². The Hall–Kier alpha value is -3.46. The number of methoxy groups -OCH3 is 1. The SMILES string of the molecule is COc1cc(C=Nn2c(-c3ccccc3)nc3ccccc3c2=O)c(Br)c(Cl)c1OCc1ccc(Br)cc1. The highest BCUT2D eigenvalue weighted by Gasteiger charge is 2.18. The first-order valence-corrected chi connectivity index (χ1v) is 13.5. The van der Waals surface area contributed by atoms with Crippen LogP contribution in [0.5, 0.6) is 11.5 Å². The largest absolute Gasteiger partial charge is 0.493 e. The topological polar surface area (TPSA) is 65.7 Å². The van der Waals surface area contributed by atoms with E-state index in [0.717, 1.165) is 15.6 Å². The summed E-state index contributed by atoms with van der Waals surface area (Å²) in [5.41, 5.74) is 2.65. The lowest BCUT2D eigenvalue weighted by atomic mass is 10.2. The van der Waals surface area contributed by atoms with Crippen molar-refractivity contribution >= 4 is 60.6 Å². The molecular formula is C29H20Br2ClN3O3. The van der Waals surface area contributed by atoms with Gasteiger partial charge >= 0.3 is 0 Å². The van der Waals surface area contributed by atoms with Crippen LogP contribution < -0.4 is 15.0 Å². The van der Waals surface area contributed by atoms with Crippen LogP contribution in [0.25, 0.3) is 22.3 Å². The minimum absolute atomic E-state index is 0.283. The molecule has 1 aromatic heterocycles. The zero-order chi connectivity index (χ0) is 26.6. The van der Waals surface area contributed by atoms with E-state index >= 15 is 0 Å². The molecule has 0 atom stereocenters. The molecule has 1 heterocycles. The fraction of sp³-hybridized carbons (Fsp3) is 0.0690. The zero-order valence-corrected chi connectivity index (χ0v) is 24.0. The van der Waals surface area contributed by atoms with Crippen molar-refractivity contribution in [1.29, 1.82) is 0 Å². The molecule has 6 nitrogen and oxygen atoms in total. The van der Waals surface area contributed by atoms with E-state index in [1.54, 1.807) is 24.4 Å². The maximum atomic E-state index is 13.4. The quantitative estimate of drug-likeness (QED) is 0.169. The van der Waals surface area contributed by atoms with Gasteiger partial charge in [-0.2, -0.15) is 9.78 Å². The second kappa shape index (κ2) is 11.5. The molecule has 0 unspecified atom stereocenters. The molecule has 0 aliphatic carbocycles. The van der Waals surface area contributed by atoms with Crippen molar-refractivity contribution in [3.63, 3.8) is 0 Å². The van der Waals surface area contributed by atoms with Crippen molar-refractivity contribution in [3.8, 4) is 22.9 Å². The molecule has 0 aliphatic rings. The summed E-state index contributed by atoms with van der Waals surface area (Å²) in [7, 11) is 1.54. The molecular weight excluding hydrogens is 634 g/mol. The van der Waals surface area contributed by atoms with Gasteiger partial charge in [0.25, 0.3) is 5.56 Å². The summed E-state index contributed by atoms with van der Waals surface area (Å²) in [6.07, 6.45) is 1.54. The lowest BCUT2D eigenvalue weighted by Gasteiger charge is -2.15. The van der Waals surface area contributed by atoms with Crippen molar-refractivity contribution < 1.29 is 9.47 Å². The van der Waals surface area contributed by atoms with Crippen LogP contribution in [0, 0.1) is 0 Å². The molecule has 0 amide bonds. The zero-order valence-electron chi connectivity index (χ0n) is 20.1. The number of hydrogen-bond donors (Lipinski definition) is 0. The highest BCUT2D eigenvalue weighted by Crippen LogP contribution is 2.42. The number of nitrogens with zero attached hydrogens (tertiary/aromatic N) is 3. The third-order valence-corrected chi connectivity index (χ3v) is 7.74. The molecule has 190 valence electrons. The fourth-order valence-electron chi connectivity index (χ4n) is 3.85. The molecule has 0 saturated heterocycles. The van der Waals surface area contributed by atoms with Gasteiger partial charge in [-0.05, 0) is 51.8 Å². The van der Waals surface area contributed by atoms with Crippen LogP contribution in [0.15, 0.2) is 104 Å². The molecule has 0 N–H and O–H groups in total. The molecule has 0 radical (unpaired) electrons. The first kappa shape index (κ1) is 26.2. The Balaban J connectivity index is 1.55. The third kappa shape index (κ3) is 5.38. The van der Waals surface area contributed by atoms with Gasteiger partial charge in [0.05, 0.1) is 24.2 Å². The van der Waals surface area contributed by atoms with E-state index in [-0.39, 0.29) is 5.56 Å². The summed E-state index contributed by atoms with van der Waals surface area (Å²) in [4.78, 5) is 18.2. The maximum absolute atomic E-state index is 13.4. The van der Waals surface area contributed by atoms with Crippen LogP contribution in [-0.2, 0) is 6.61 Å². The minimum Gasteiger partial charge on any atom is -0.493 e. The third-order valence-electron chi connectivity index (χ3n) is 5.77. The second-order valence-corrected chi connectivity index (χ2v) is 10.3. The van der Waals surface area contributed by atoms with Crippen LogP contribution in [0.2, 0.25) is 5.02 Å². The second-order valence-electron chi connectivity index (χ2n) is 8.22. The molecule has 5 rings (SSSR count). The number of rotatable bonds is 7. The van der Waals surface area contributed by atoms with Crippen molar-refractivity contribution in [1.82, 2.24) is 9.66 Å². The fourth-order valence-corrected chi connectivity index (χ4v) is 4.76. The molecule has 5 aromatic rings. The molecule has 0 spiro atoms. The summed E-state index contributed by atoms with van der Waals surface area (Å²) in [5.74, 6) is 1.26. The van der Waals surface area contributed by atoms with E-state index in [2.05, 4.69) is 37.0 Å². The number of benzene rings is 4. The first-order chi connectivity index (χ1) is 18.5. The van der Waals surface area contributed by atoms with Gasteiger partial charge in [-0.1, -0.05) is 82.1 Å². The van der Waals surface area contributed by atoms with Crippen LogP contribution in [0.3, 0.4) is 0 Å². The van der Waals surface area contributed by atoms with Gasteiger partial charge in [0.2, 0.25) is 0 Å². The predicted molar refractivity (Wildman–Crippen MR) is 159 cm³/mol. The van der Waals surface area contributed by atoms with Gasteiger partial charge in [0, 0.05) is 20.1 Å². The van der Waals surface area contributed by atoms with Gasteiger partial charge in [-0.3, -0.25) is 4.79 Å². The monoisotopic (exact) mass is 651 g/mol. The molecule has 4 aromatic carbocycles.